The van der Waals surface area contributed by atoms with Crippen LogP contribution in [0.4, 0.5) is 0 Å². The highest BCUT2D eigenvalue weighted by atomic mass is 127. The minimum Gasteiger partial charge on any atom is -0.356 e. The number of likely N-dealkylation sites (N-methyl/N-ethyl adjacent to an activating group) is 1. The zero-order valence-electron chi connectivity index (χ0n) is 17.2. The number of hydrogen-bond acceptors (Lipinski definition) is 2. The Morgan fingerprint density at radius 2 is 1.69 bits per heavy atom. The molecule has 5 nitrogen and oxygen atoms in total. The van der Waals surface area contributed by atoms with E-state index >= 15 is 0 Å². The third-order valence-electron chi connectivity index (χ3n) is 3.72. The van der Waals surface area contributed by atoms with Gasteiger partial charge in [0.05, 0.1) is 6.54 Å². The van der Waals surface area contributed by atoms with E-state index in [-0.39, 0.29) is 47.4 Å². The lowest BCUT2D eigenvalue weighted by Crippen LogP contribution is -2.50. The van der Waals surface area contributed by atoms with Crippen molar-refractivity contribution in [1.82, 2.24) is 15.5 Å². The minimum atomic E-state index is -0.230. The highest BCUT2D eigenvalue weighted by Crippen LogP contribution is 2.20. The minimum absolute atomic E-state index is 0. The summed E-state index contributed by atoms with van der Waals surface area (Å²) in [6, 6.07) is 10.5. The normalized spacial score (nSPS) is 12.2. The fourth-order valence-electron chi connectivity index (χ4n) is 2.66. The van der Waals surface area contributed by atoms with Crippen LogP contribution in [-0.4, -0.2) is 49.5 Å². The highest BCUT2D eigenvalue weighted by Gasteiger charge is 2.21. The molecule has 26 heavy (non-hydrogen) atoms. The van der Waals surface area contributed by atoms with E-state index in [9.17, 15) is 4.79 Å². The summed E-state index contributed by atoms with van der Waals surface area (Å²) in [6.07, 6.45) is 0.978. The van der Waals surface area contributed by atoms with E-state index in [1.165, 1.54) is 5.56 Å². The average molecular weight is 474 g/mol. The molecule has 0 atom stereocenters. The molecule has 1 rings (SSSR count). The predicted molar refractivity (Wildman–Crippen MR) is 121 cm³/mol. The Balaban J connectivity index is 0.00000625. The predicted octanol–water partition coefficient (Wildman–Crippen LogP) is 3.30. The first kappa shape index (κ1) is 24.7. The monoisotopic (exact) mass is 474 g/mol. The topological polar surface area (TPSA) is 56.7 Å². The summed E-state index contributed by atoms with van der Waals surface area (Å²) in [5.41, 5.74) is 1.17. The summed E-state index contributed by atoms with van der Waals surface area (Å²) in [7, 11) is 3.62. The standard InChI is InChI=1S/C20H34N4O.HI/c1-19(2,3)23-17(25)14-24(7)18(21-6)22-15-20(4,5)13-16-11-9-8-10-12-16;/h8-12H,13-15H2,1-7H3,(H,21,22)(H,23,25);1H. The fourth-order valence-corrected chi connectivity index (χ4v) is 2.66. The molecule has 2 N–H and O–H groups in total. The third kappa shape index (κ3) is 9.99. The largest absolute Gasteiger partial charge is 0.356 e. The second-order valence-electron chi connectivity index (χ2n) is 8.38. The second kappa shape index (κ2) is 10.7. The molecule has 0 saturated heterocycles. The molecule has 0 bridgehead atoms. The van der Waals surface area contributed by atoms with Crippen LogP contribution in [0.3, 0.4) is 0 Å². The van der Waals surface area contributed by atoms with Crippen LogP contribution in [0.15, 0.2) is 35.3 Å². The molecule has 148 valence electrons. The van der Waals surface area contributed by atoms with E-state index in [0.717, 1.165) is 18.9 Å². The number of hydrogen-bond donors (Lipinski definition) is 2. The molecule has 0 heterocycles. The molecule has 0 aliphatic heterocycles. The molecule has 0 fully saturated rings. The van der Waals surface area contributed by atoms with Gasteiger partial charge in [0.1, 0.15) is 0 Å². The van der Waals surface area contributed by atoms with Gasteiger partial charge in [-0.15, -0.1) is 24.0 Å². The van der Waals surface area contributed by atoms with Crippen molar-refractivity contribution < 1.29 is 4.79 Å². The van der Waals surface area contributed by atoms with Gasteiger partial charge >= 0.3 is 0 Å². The van der Waals surface area contributed by atoms with Gasteiger partial charge in [0.2, 0.25) is 5.91 Å². The van der Waals surface area contributed by atoms with Gasteiger partial charge in [-0.3, -0.25) is 9.79 Å². The number of carbonyl (C=O) groups is 1. The van der Waals surface area contributed by atoms with Gasteiger partial charge in [0.15, 0.2) is 5.96 Å². The lowest BCUT2D eigenvalue weighted by molar-refractivity contribution is -0.122. The molecule has 0 saturated carbocycles. The number of benzene rings is 1. The Kier molecular flexibility index (Phi) is 10.2. The van der Waals surface area contributed by atoms with Crippen LogP contribution in [0.5, 0.6) is 0 Å². The Morgan fingerprint density at radius 1 is 1.12 bits per heavy atom. The SMILES string of the molecule is CN=C(NCC(C)(C)Cc1ccccc1)N(C)CC(=O)NC(C)(C)C.I. The first-order chi connectivity index (χ1) is 11.5. The van der Waals surface area contributed by atoms with Crippen LogP contribution < -0.4 is 10.6 Å². The van der Waals surface area contributed by atoms with Gasteiger partial charge < -0.3 is 15.5 Å². The molecule has 0 unspecified atom stereocenters. The summed E-state index contributed by atoms with van der Waals surface area (Å²) in [6.45, 7) is 11.4. The maximum Gasteiger partial charge on any atom is 0.240 e. The van der Waals surface area contributed by atoms with Crippen molar-refractivity contribution in [2.45, 2.75) is 46.6 Å². The third-order valence-corrected chi connectivity index (χ3v) is 3.72. The highest BCUT2D eigenvalue weighted by molar-refractivity contribution is 14.0. The van der Waals surface area contributed by atoms with Crippen molar-refractivity contribution in [1.29, 1.82) is 0 Å². The molecule has 0 radical (unpaired) electrons. The number of halogens is 1. The summed E-state index contributed by atoms with van der Waals surface area (Å²) in [5, 5.41) is 6.36. The molecule has 0 aromatic heterocycles. The fraction of sp³-hybridized carbons (Fsp3) is 0.600. The summed E-state index contributed by atoms with van der Waals surface area (Å²) in [4.78, 5) is 18.2. The lowest BCUT2D eigenvalue weighted by Gasteiger charge is -2.29. The maximum absolute atomic E-state index is 12.1. The van der Waals surface area contributed by atoms with Crippen LogP contribution in [0, 0.1) is 5.41 Å². The van der Waals surface area contributed by atoms with Gasteiger partial charge in [-0.25, -0.2) is 0 Å². The zero-order chi connectivity index (χ0) is 19.1. The van der Waals surface area contributed by atoms with Gasteiger partial charge in [0.25, 0.3) is 0 Å². The molecule has 6 heteroatoms. The van der Waals surface area contributed by atoms with E-state index in [1.807, 2.05) is 38.8 Å². The van der Waals surface area contributed by atoms with Crippen LogP contribution in [0.2, 0.25) is 0 Å². The number of nitrogens with one attached hydrogen (secondary N) is 2. The van der Waals surface area contributed by atoms with Crippen molar-refractivity contribution in [2.75, 3.05) is 27.2 Å². The lowest BCUT2D eigenvalue weighted by atomic mass is 9.86. The molecular formula is C20H35IN4O. The van der Waals surface area contributed by atoms with Crippen LogP contribution in [0.25, 0.3) is 0 Å². The Morgan fingerprint density at radius 3 is 2.19 bits per heavy atom. The number of rotatable bonds is 6. The molecule has 0 spiro atoms. The summed E-state index contributed by atoms with van der Waals surface area (Å²) >= 11 is 0. The summed E-state index contributed by atoms with van der Waals surface area (Å²) < 4.78 is 0. The molecule has 0 aliphatic rings. The first-order valence-corrected chi connectivity index (χ1v) is 8.79. The van der Waals surface area contributed by atoms with E-state index in [2.05, 4.69) is 53.7 Å². The Bertz CT molecular complexity index is 579. The van der Waals surface area contributed by atoms with Gasteiger partial charge in [-0.05, 0) is 38.2 Å². The summed E-state index contributed by atoms with van der Waals surface area (Å²) in [5.74, 6) is 0.715. The van der Waals surface area contributed by atoms with Crippen LogP contribution in [-0.2, 0) is 11.2 Å². The Hall–Kier alpha value is -1.31. The van der Waals surface area contributed by atoms with Gasteiger partial charge in [0, 0.05) is 26.2 Å². The molecular weight excluding hydrogens is 439 g/mol. The number of carbonyl (C=O) groups excluding carboxylic acids is 1. The average Bonchev–Trinajstić information content (AvgIpc) is 2.46. The molecule has 1 aromatic rings. The van der Waals surface area contributed by atoms with Crippen molar-refractivity contribution in [3.8, 4) is 0 Å². The number of amides is 1. The van der Waals surface area contributed by atoms with Crippen LogP contribution in [0.1, 0.15) is 40.2 Å². The second-order valence-corrected chi connectivity index (χ2v) is 8.38. The van der Waals surface area contributed by atoms with Gasteiger partial charge in [-0.2, -0.15) is 0 Å². The zero-order valence-corrected chi connectivity index (χ0v) is 19.5. The van der Waals surface area contributed by atoms with E-state index < -0.39 is 0 Å². The number of nitrogens with zero attached hydrogens (tertiary/aromatic N) is 2. The molecule has 1 aromatic carbocycles. The number of aliphatic imine (C=N–C) groups is 1. The molecule has 0 aliphatic carbocycles. The Labute approximate surface area is 176 Å². The van der Waals surface area contributed by atoms with E-state index in [1.54, 1.807) is 7.05 Å². The van der Waals surface area contributed by atoms with E-state index in [4.69, 9.17) is 0 Å². The van der Waals surface area contributed by atoms with Crippen LogP contribution >= 0.6 is 24.0 Å². The smallest absolute Gasteiger partial charge is 0.240 e. The maximum atomic E-state index is 12.1. The molecule has 1 amide bonds. The van der Waals surface area contributed by atoms with Crippen molar-refractivity contribution in [3.05, 3.63) is 35.9 Å². The van der Waals surface area contributed by atoms with Crippen molar-refractivity contribution >= 4 is 35.8 Å². The van der Waals surface area contributed by atoms with Gasteiger partial charge in [-0.1, -0.05) is 44.2 Å². The quantitative estimate of drug-likeness (QED) is 0.378. The van der Waals surface area contributed by atoms with E-state index in [0.29, 0.717) is 0 Å². The van der Waals surface area contributed by atoms with Crippen molar-refractivity contribution in [2.24, 2.45) is 10.4 Å². The number of guanidine groups is 1. The first-order valence-electron chi connectivity index (χ1n) is 8.79. The van der Waals surface area contributed by atoms with Crippen molar-refractivity contribution in [3.63, 3.8) is 0 Å².